The van der Waals surface area contributed by atoms with Crippen LogP contribution in [-0.4, -0.2) is 29.6 Å². The Balaban J connectivity index is 2.90. The molecule has 1 heterocycles. The molecule has 1 aliphatic heterocycles. The fourth-order valence-electron chi connectivity index (χ4n) is 1.00. The number of carboxylic acids is 1. The molecule has 1 aliphatic rings. The first kappa shape index (κ1) is 7.85. The van der Waals surface area contributed by atoms with Crippen molar-refractivity contribution in [2.75, 3.05) is 13.6 Å². The molecule has 0 aromatic heterocycles. The predicted molar refractivity (Wildman–Crippen MR) is 42.1 cm³/mol. The lowest BCUT2D eigenvalue weighted by Gasteiger charge is -2.19. The molecule has 11 heavy (non-hydrogen) atoms. The second kappa shape index (κ2) is 2.78. The van der Waals surface area contributed by atoms with Crippen LogP contribution in [0.3, 0.4) is 0 Å². The van der Waals surface area contributed by atoms with Crippen molar-refractivity contribution in [3.63, 3.8) is 0 Å². The van der Waals surface area contributed by atoms with E-state index in [9.17, 15) is 4.79 Å². The molecule has 0 atom stereocenters. The van der Waals surface area contributed by atoms with E-state index in [1.807, 2.05) is 31.1 Å². The first-order chi connectivity index (χ1) is 5.11. The largest absolute Gasteiger partial charge is 0.478 e. The number of aliphatic carboxylic acids is 1. The van der Waals surface area contributed by atoms with E-state index in [-0.39, 0.29) is 0 Å². The van der Waals surface area contributed by atoms with E-state index in [1.54, 1.807) is 0 Å². The number of allylic oxidation sites excluding steroid dienone is 2. The molecule has 0 aliphatic carbocycles. The van der Waals surface area contributed by atoms with E-state index >= 15 is 0 Å². The Morgan fingerprint density at radius 1 is 1.73 bits per heavy atom. The van der Waals surface area contributed by atoms with Crippen molar-refractivity contribution in [2.45, 2.75) is 6.92 Å². The maximum atomic E-state index is 10.6. The Morgan fingerprint density at radius 2 is 2.36 bits per heavy atom. The summed E-state index contributed by atoms with van der Waals surface area (Å²) in [6, 6.07) is 0. The second-order valence-electron chi connectivity index (χ2n) is 2.70. The summed E-state index contributed by atoms with van der Waals surface area (Å²) in [6.07, 6.45) is 3.69. The third kappa shape index (κ3) is 1.61. The van der Waals surface area contributed by atoms with Crippen molar-refractivity contribution in [3.8, 4) is 0 Å². The van der Waals surface area contributed by atoms with Gasteiger partial charge in [0.15, 0.2) is 0 Å². The quantitative estimate of drug-likeness (QED) is 0.607. The number of hydrogen-bond donors (Lipinski definition) is 1. The van der Waals surface area contributed by atoms with E-state index in [2.05, 4.69) is 0 Å². The van der Waals surface area contributed by atoms with Gasteiger partial charge in [0, 0.05) is 13.6 Å². The molecule has 0 amide bonds. The summed E-state index contributed by atoms with van der Waals surface area (Å²) in [6.45, 7) is 2.31. The Hall–Kier alpha value is -1.25. The van der Waals surface area contributed by atoms with Crippen molar-refractivity contribution in [3.05, 3.63) is 23.4 Å². The lowest BCUT2D eigenvalue weighted by atomic mass is 10.1. The standard InChI is InChI=1S/C8H11NO2/c1-6-3-4-9(2)5-7(6)8(10)11/h3-4H,5H2,1-2H3,(H,10,11). The fraction of sp³-hybridized carbons (Fsp3) is 0.375. The third-order valence-corrected chi connectivity index (χ3v) is 1.72. The Kier molecular flexibility index (Phi) is 1.98. The molecule has 1 rings (SSSR count). The van der Waals surface area contributed by atoms with Crippen LogP contribution in [0.25, 0.3) is 0 Å². The van der Waals surface area contributed by atoms with Crippen LogP contribution in [0, 0.1) is 0 Å². The van der Waals surface area contributed by atoms with Crippen molar-refractivity contribution in [1.29, 1.82) is 0 Å². The predicted octanol–water partition coefficient (Wildman–Crippen LogP) is 0.847. The monoisotopic (exact) mass is 153 g/mol. The molecule has 3 nitrogen and oxygen atoms in total. The zero-order chi connectivity index (χ0) is 8.43. The van der Waals surface area contributed by atoms with Gasteiger partial charge in [-0.15, -0.1) is 0 Å². The second-order valence-corrected chi connectivity index (χ2v) is 2.70. The summed E-state index contributed by atoms with van der Waals surface area (Å²) >= 11 is 0. The molecule has 0 aromatic rings. The maximum absolute atomic E-state index is 10.6. The highest BCUT2D eigenvalue weighted by atomic mass is 16.4. The van der Waals surface area contributed by atoms with Gasteiger partial charge in [0.05, 0.1) is 5.57 Å². The molecule has 1 N–H and O–H groups in total. The number of likely N-dealkylation sites (N-methyl/N-ethyl adjacent to an activating group) is 1. The van der Waals surface area contributed by atoms with E-state index in [4.69, 9.17) is 5.11 Å². The minimum Gasteiger partial charge on any atom is -0.478 e. The van der Waals surface area contributed by atoms with Gasteiger partial charge >= 0.3 is 5.97 Å². The molecule has 0 aromatic carbocycles. The van der Waals surface area contributed by atoms with Gasteiger partial charge in [0.25, 0.3) is 0 Å². The van der Waals surface area contributed by atoms with E-state index in [0.29, 0.717) is 12.1 Å². The Bertz CT molecular complexity index is 240. The van der Waals surface area contributed by atoms with Gasteiger partial charge in [0.2, 0.25) is 0 Å². The summed E-state index contributed by atoms with van der Waals surface area (Å²) in [5, 5.41) is 8.71. The van der Waals surface area contributed by atoms with Crippen LogP contribution in [0.2, 0.25) is 0 Å². The van der Waals surface area contributed by atoms with E-state index in [1.165, 1.54) is 0 Å². The molecule has 3 heteroatoms. The first-order valence-electron chi connectivity index (χ1n) is 3.42. The maximum Gasteiger partial charge on any atom is 0.333 e. The van der Waals surface area contributed by atoms with Crippen LogP contribution < -0.4 is 0 Å². The highest BCUT2D eigenvalue weighted by Gasteiger charge is 2.14. The average Bonchev–Trinajstić information content (AvgIpc) is 1.94. The molecule has 0 saturated heterocycles. The minimum atomic E-state index is -0.821. The normalized spacial score (nSPS) is 17.5. The van der Waals surface area contributed by atoms with Crippen molar-refractivity contribution in [2.24, 2.45) is 0 Å². The van der Waals surface area contributed by atoms with Gasteiger partial charge in [-0.2, -0.15) is 0 Å². The highest BCUT2D eigenvalue weighted by molar-refractivity contribution is 5.88. The topological polar surface area (TPSA) is 40.5 Å². The Morgan fingerprint density at radius 3 is 2.82 bits per heavy atom. The van der Waals surface area contributed by atoms with E-state index in [0.717, 1.165) is 5.57 Å². The molecule has 0 spiro atoms. The van der Waals surface area contributed by atoms with Crippen LogP contribution in [0.5, 0.6) is 0 Å². The minimum absolute atomic E-state index is 0.481. The number of nitrogens with zero attached hydrogens (tertiary/aromatic N) is 1. The van der Waals surface area contributed by atoms with Gasteiger partial charge in [-0.05, 0) is 24.8 Å². The van der Waals surface area contributed by atoms with Crippen molar-refractivity contribution in [1.82, 2.24) is 4.90 Å². The van der Waals surface area contributed by atoms with Crippen LogP contribution in [-0.2, 0) is 4.79 Å². The third-order valence-electron chi connectivity index (χ3n) is 1.72. The number of carboxylic acid groups (broad SMARTS) is 1. The van der Waals surface area contributed by atoms with Gasteiger partial charge in [-0.3, -0.25) is 0 Å². The van der Waals surface area contributed by atoms with Crippen molar-refractivity contribution >= 4 is 5.97 Å². The molecule has 60 valence electrons. The lowest BCUT2D eigenvalue weighted by Crippen LogP contribution is -2.22. The summed E-state index contributed by atoms with van der Waals surface area (Å²) in [4.78, 5) is 12.4. The molecular weight excluding hydrogens is 142 g/mol. The zero-order valence-electron chi connectivity index (χ0n) is 6.66. The number of hydrogen-bond acceptors (Lipinski definition) is 2. The summed E-state index contributed by atoms with van der Waals surface area (Å²) < 4.78 is 0. The zero-order valence-corrected chi connectivity index (χ0v) is 6.66. The molecule has 0 radical (unpaired) electrons. The summed E-state index contributed by atoms with van der Waals surface area (Å²) in [5.74, 6) is -0.821. The highest BCUT2D eigenvalue weighted by Crippen LogP contribution is 2.12. The SMILES string of the molecule is CC1=C(C(=O)O)CN(C)C=C1. The lowest BCUT2D eigenvalue weighted by molar-refractivity contribution is -0.132. The van der Waals surface area contributed by atoms with Gasteiger partial charge in [-0.1, -0.05) is 0 Å². The van der Waals surface area contributed by atoms with Crippen molar-refractivity contribution < 1.29 is 9.90 Å². The van der Waals surface area contributed by atoms with E-state index < -0.39 is 5.97 Å². The smallest absolute Gasteiger partial charge is 0.333 e. The van der Waals surface area contributed by atoms with Crippen LogP contribution in [0.15, 0.2) is 23.4 Å². The molecule has 0 bridgehead atoms. The van der Waals surface area contributed by atoms with Gasteiger partial charge < -0.3 is 10.0 Å². The fourth-order valence-corrected chi connectivity index (χ4v) is 1.00. The van der Waals surface area contributed by atoms with Gasteiger partial charge in [0.1, 0.15) is 0 Å². The van der Waals surface area contributed by atoms with Crippen LogP contribution in [0.1, 0.15) is 6.92 Å². The van der Waals surface area contributed by atoms with Gasteiger partial charge in [-0.25, -0.2) is 4.79 Å². The Labute approximate surface area is 65.6 Å². The molecule has 0 fully saturated rings. The average molecular weight is 153 g/mol. The molecule has 0 saturated carbocycles. The summed E-state index contributed by atoms with van der Waals surface area (Å²) in [7, 11) is 1.85. The van der Waals surface area contributed by atoms with Crippen LogP contribution >= 0.6 is 0 Å². The number of carbonyl (C=O) groups is 1. The van der Waals surface area contributed by atoms with Crippen LogP contribution in [0.4, 0.5) is 0 Å². The number of rotatable bonds is 1. The molecular formula is C8H11NO2. The molecule has 0 unspecified atom stereocenters. The summed E-state index contributed by atoms with van der Waals surface area (Å²) in [5.41, 5.74) is 1.32. The first-order valence-corrected chi connectivity index (χ1v) is 3.42.